The van der Waals surface area contributed by atoms with Gasteiger partial charge in [-0.05, 0) is 43.7 Å². The summed E-state index contributed by atoms with van der Waals surface area (Å²) in [6.07, 6.45) is 1.68. The minimum Gasteiger partial charge on any atom is -0.491 e. The molecule has 2 rings (SSSR count). The van der Waals surface area contributed by atoms with Crippen LogP contribution in [-0.4, -0.2) is 13.2 Å². The molecule has 0 radical (unpaired) electrons. The molecule has 102 valence electrons. The molecule has 19 heavy (non-hydrogen) atoms. The third-order valence-corrected chi connectivity index (χ3v) is 3.18. The highest BCUT2D eigenvalue weighted by atomic mass is 35.5. The third-order valence-electron chi connectivity index (χ3n) is 2.87. The molecular weight excluding hydrogens is 262 g/mol. The first-order chi connectivity index (χ1) is 9.16. The Balaban J connectivity index is 1.76. The summed E-state index contributed by atoms with van der Waals surface area (Å²) in [5, 5.41) is 3.97. The second-order valence-electron chi connectivity index (χ2n) is 4.47. The molecule has 4 heteroatoms. The molecule has 0 aliphatic heterocycles. The van der Waals surface area contributed by atoms with Crippen molar-refractivity contribution >= 4 is 11.6 Å². The van der Waals surface area contributed by atoms with Gasteiger partial charge < -0.3 is 14.5 Å². The first kappa shape index (κ1) is 14.0. The Bertz CT molecular complexity index is 511. The molecule has 0 saturated carbocycles. The van der Waals surface area contributed by atoms with Crippen LogP contribution in [0.4, 0.5) is 0 Å². The zero-order chi connectivity index (χ0) is 13.7. The van der Waals surface area contributed by atoms with Crippen LogP contribution in [0.15, 0.2) is 41.0 Å². The van der Waals surface area contributed by atoms with Crippen molar-refractivity contribution in [2.24, 2.45) is 0 Å². The van der Waals surface area contributed by atoms with E-state index in [1.54, 1.807) is 6.26 Å². The van der Waals surface area contributed by atoms with Crippen LogP contribution in [0.3, 0.4) is 0 Å². The average Bonchev–Trinajstić information content (AvgIpc) is 2.92. The molecule has 1 atom stereocenters. The standard InChI is InChI=1S/C15H18ClNO2/c1-11-5-6-13(16)15(10-11)19-9-7-17-12(2)14-4-3-8-18-14/h3-6,8,10,12,17H,7,9H2,1-2H3. The summed E-state index contributed by atoms with van der Waals surface area (Å²) in [7, 11) is 0. The van der Waals surface area contributed by atoms with E-state index in [1.807, 2.05) is 37.3 Å². The Kier molecular flexibility index (Phi) is 4.88. The fourth-order valence-electron chi connectivity index (χ4n) is 1.80. The summed E-state index contributed by atoms with van der Waals surface area (Å²) in [5.41, 5.74) is 1.14. The number of benzene rings is 1. The van der Waals surface area contributed by atoms with Gasteiger partial charge in [0.2, 0.25) is 0 Å². The molecule has 3 nitrogen and oxygen atoms in total. The van der Waals surface area contributed by atoms with Crippen LogP contribution in [0, 0.1) is 6.92 Å². The number of hydrogen-bond donors (Lipinski definition) is 1. The van der Waals surface area contributed by atoms with Crippen LogP contribution >= 0.6 is 11.6 Å². The van der Waals surface area contributed by atoms with Crippen molar-refractivity contribution < 1.29 is 9.15 Å². The van der Waals surface area contributed by atoms with E-state index in [4.69, 9.17) is 20.8 Å². The largest absolute Gasteiger partial charge is 0.491 e. The number of nitrogens with one attached hydrogen (secondary N) is 1. The maximum atomic E-state index is 6.06. The Morgan fingerprint density at radius 1 is 1.37 bits per heavy atom. The first-order valence-electron chi connectivity index (χ1n) is 6.32. The summed E-state index contributed by atoms with van der Waals surface area (Å²) in [4.78, 5) is 0. The Morgan fingerprint density at radius 3 is 2.95 bits per heavy atom. The molecule has 1 aromatic heterocycles. The molecule has 1 heterocycles. The first-order valence-corrected chi connectivity index (χ1v) is 6.70. The smallest absolute Gasteiger partial charge is 0.138 e. The van der Waals surface area contributed by atoms with Gasteiger partial charge in [-0.1, -0.05) is 17.7 Å². The van der Waals surface area contributed by atoms with E-state index in [9.17, 15) is 0 Å². The monoisotopic (exact) mass is 279 g/mol. The van der Waals surface area contributed by atoms with E-state index in [2.05, 4.69) is 12.2 Å². The van der Waals surface area contributed by atoms with E-state index in [0.717, 1.165) is 23.6 Å². The van der Waals surface area contributed by atoms with Gasteiger partial charge in [0.25, 0.3) is 0 Å². The molecule has 0 saturated heterocycles. The SMILES string of the molecule is Cc1ccc(Cl)c(OCCNC(C)c2ccco2)c1. The second kappa shape index (κ2) is 6.64. The molecule has 1 N–H and O–H groups in total. The lowest BCUT2D eigenvalue weighted by molar-refractivity contribution is 0.302. The van der Waals surface area contributed by atoms with Crippen molar-refractivity contribution in [2.75, 3.05) is 13.2 Å². The lowest BCUT2D eigenvalue weighted by Gasteiger charge is -2.13. The minimum atomic E-state index is 0.173. The van der Waals surface area contributed by atoms with Gasteiger partial charge in [-0.25, -0.2) is 0 Å². The minimum absolute atomic E-state index is 0.173. The number of aryl methyl sites for hydroxylation is 1. The molecule has 0 amide bonds. The van der Waals surface area contributed by atoms with Gasteiger partial charge in [0.05, 0.1) is 17.3 Å². The second-order valence-corrected chi connectivity index (χ2v) is 4.88. The van der Waals surface area contributed by atoms with Crippen LogP contribution in [-0.2, 0) is 0 Å². The zero-order valence-corrected chi connectivity index (χ0v) is 11.9. The lowest BCUT2D eigenvalue weighted by Crippen LogP contribution is -2.24. The van der Waals surface area contributed by atoms with Crippen LogP contribution < -0.4 is 10.1 Å². The van der Waals surface area contributed by atoms with Gasteiger partial charge >= 0.3 is 0 Å². The third kappa shape index (κ3) is 4.01. The maximum absolute atomic E-state index is 6.06. The predicted octanol–water partition coefficient (Wildman–Crippen LogP) is 3.97. The molecule has 0 aliphatic carbocycles. The van der Waals surface area contributed by atoms with Crippen LogP contribution in [0.25, 0.3) is 0 Å². The quantitative estimate of drug-likeness (QED) is 0.813. The Hall–Kier alpha value is -1.45. The number of ether oxygens (including phenoxy) is 1. The van der Waals surface area contributed by atoms with E-state index < -0.39 is 0 Å². The number of halogens is 1. The molecule has 1 unspecified atom stereocenters. The fourth-order valence-corrected chi connectivity index (χ4v) is 1.97. The van der Waals surface area contributed by atoms with Crippen LogP contribution in [0.2, 0.25) is 5.02 Å². The lowest BCUT2D eigenvalue weighted by atomic mass is 10.2. The van der Waals surface area contributed by atoms with Gasteiger partial charge in [-0.3, -0.25) is 0 Å². The summed E-state index contributed by atoms with van der Waals surface area (Å²) >= 11 is 6.06. The van der Waals surface area contributed by atoms with Crippen molar-refractivity contribution in [1.82, 2.24) is 5.32 Å². The highest BCUT2D eigenvalue weighted by molar-refractivity contribution is 6.32. The molecular formula is C15H18ClNO2. The van der Waals surface area contributed by atoms with Gasteiger partial charge in [0.1, 0.15) is 18.1 Å². The highest BCUT2D eigenvalue weighted by Crippen LogP contribution is 2.25. The molecule has 0 aliphatic rings. The number of hydrogen-bond acceptors (Lipinski definition) is 3. The summed E-state index contributed by atoms with van der Waals surface area (Å²) < 4.78 is 11.0. The molecule has 1 aromatic carbocycles. The van der Waals surface area contributed by atoms with Crippen molar-refractivity contribution in [1.29, 1.82) is 0 Å². The number of rotatable bonds is 6. The molecule has 0 spiro atoms. The van der Waals surface area contributed by atoms with E-state index in [0.29, 0.717) is 11.6 Å². The fraction of sp³-hybridized carbons (Fsp3) is 0.333. The van der Waals surface area contributed by atoms with Crippen molar-refractivity contribution in [2.45, 2.75) is 19.9 Å². The zero-order valence-electron chi connectivity index (χ0n) is 11.2. The summed E-state index contributed by atoms with van der Waals surface area (Å²) in [5.74, 6) is 1.66. The van der Waals surface area contributed by atoms with Crippen LogP contribution in [0.5, 0.6) is 5.75 Å². The van der Waals surface area contributed by atoms with E-state index in [1.165, 1.54) is 0 Å². The summed E-state index contributed by atoms with van der Waals surface area (Å²) in [6, 6.07) is 9.77. The van der Waals surface area contributed by atoms with Gasteiger partial charge in [-0.15, -0.1) is 0 Å². The van der Waals surface area contributed by atoms with E-state index >= 15 is 0 Å². The Morgan fingerprint density at radius 2 is 2.21 bits per heavy atom. The highest BCUT2D eigenvalue weighted by Gasteiger charge is 2.07. The Labute approximate surface area is 118 Å². The average molecular weight is 280 g/mol. The molecule has 0 bridgehead atoms. The maximum Gasteiger partial charge on any atom is 0.138 e. The van der Waals surface area contributed by atoms with Crippen molar-refractivity contribution in [3.05, 3.63) is 52.9 Å². The van der Waals surface area contributed by atoms with E-state index in [-0.39, 0.29) is 6.04 Å². The topological polar surface area (TPSA) is 34.4 Å². The summed E-state index contributed by atoms with van der Waals surface area (Å²) in [6.45, 7) is 5.36. The van der Waals surface area contributed by atoms with Crippen molar-refractivity contribution in [3.63, 3.8) is 0 Å². The number of furan rings is 1. The normalized spacial score (nSPS) is 12.4. The molecule has 0 fully saturated rings. The van der Waals surface area contributed by atoms with Crippen molar-refractivity contribution in [3.8, 4) is 5.75 Å². The van der Waals surface area contributed by atoms with Crippen LogP contribution in [0.1, 0.15) is 24.3 Å². The molecule has 2 aromatic rings. The van der Waals surface area contributed by atoms with Gasteiger partial charge in [-0.2, -0.15) is 0 Å². The van der Waals surface area contributed by atoms with Gasteiger partial charge in [0, 0.05) is 6.54 Å². The van der Waals surface area contributed by atoms with Gasteiger partial charge in [0.15, 0.2) is 0 Å². The predicted molar refractivity (Wildman–Crippen MR) is 76.8 cm³/mol.